The van der Waals surface area contributed by atoms with Crippen LogP contribution in [0.25, 0.3) is 0 Å². The topological polar surface area (TPSA) is 61.8 Å². The van der Waals surface area contributed by atoms with Crippen LogP contribution in [0.2, 0.25) is 0 Å². The zero-order chi connectivity index (χ0) is 23.6. The first-order valence-electron chi connectivity index (χ1n) is 12.2. The molecule has 0 bridgehead atoms. The van der Waals surface area contributed by atoms with Crippen LogP contribution in [0.1, 0.15) is 88.6 Å². The molecule has 32 heavy (non-hydrogen) atoms. The third-order valence-corrected chi connectivity index (χ3v) is 6.48. The van der Waals surface area contributed by atoms with Crippen LogP contribution >= 0.6 is 11.8 Å². The maximum atomic E-state index is 12.1. The molecule has 0 saturated heterocycles. The van der Waals surface area contributed by atoms with E-state index in [0.717, 1.165) is 43.3 Å². The first-order valence-corrected chi connectivity index (χ1v) is 13.2. The van der Waals surface area contributed by atoms with E-state index in [1.807, 2.05) is 26.0 Å². The number of aldehydes is 1. The van der Waals surface area contributed by atoms with E-state index in [2.05, 4.69) is 19.9 Å². The van der Waals surface area contributed by atoms with Crippen LogP contribution in [-0.4, -0.2) is 44.1 Å². The zero-order valence-corrected chi connectivity index (χ0v) is 21.2. The summed E-state index contributed by atoms with van der Waals surface area (Å²) in [6, 6.07) is 5.93. The van der Waals surface area contributed by atoms with Crippen LogP contribution in [0.3, 0.4) is 0 Å². The van der Waals surface area contributed by atoms with Gasteiger partial charge in [0.1, 0.15) is 0 Å². The quantitative estimate of drug-likeness (QED) is 0.101. The number of carbonyl (C=O) groups excluding carboxylic acids is 2. The van der Waals surface area contributed by atoms with Crippen molar-refractivity contribution in [1.82, 2.24) is 0 Å². The van der Waals surface area contributed by atoms with Gasteiger partial charge in [-0.25, -0.2) is 0 Å². The molecule has 182 valence electrons. The maximum Gasteiger partial charge on any atom is 0.306 e. The third-order valence-electron chi connectivity index (χ3n) is 5.40. The lowest BCUT2D eigenvalue weighted by atomic mass is 10.0. The van der Waals surface area contributed by atoms with Crippen molar-refractivity contribution < 1.29 is 23.8 Å². The number of hydrogen-bond acceptors (Lipinski definition) is 6. The molecular weight excluding hydrogens is 424 g/mol. The Kier molecular flexibility index (Phi) is 16.2. The number of ether oxygens (including phenoxy) is 3. The maximum absolute atomic E-state index is 12.1. The van der Waals surface area contributed by atoms with Gasteiger partial charge < -0.3 is 14.2 Å². The van der Waals surface area contributed by atoms with Gasteiger partial charge in [-0.15, -0.1) is 11.8 Å². The number of unbranched alkanes of at least 4 members (excludes halogenated alkanes) is 1. The highest BCUT2D eigenvalue weighted by Gasteiger charge is 2.12. The van der Waals surface area contributed by atoms with Crippen molar-refractivity contribution >= 4 is 24.0 Å². The molecule has 0 N–H and O–H groups in total. The summed E-state index contributed by atoms with van der Waals surface area (Å²) in [5, 5.41) is 0. The number of esters is 1. The van der Waals surface area contributed by atoms with E-state index in [0.29, 0.717) is 43.5 Å². The van der Waals surface area contributed by atoms with E-state index in [1.165, 1.54) is 18.4 Å². The number of carbonyl (C=O) groups is 2. The van der Waals surface area contributed by atoms with Crippen molar-refractivity contribution in [2.45, 2.75) is 90.2 Å². The Morgan fingerprint density at radius 2 is 1.81 bits per heavy atom. The van der Waals surface area contributed by atoms with Gasteiger partial charge in [-0.1, -0.05) is 45.2 Å². The van der Waals surface area contributed by atoms with Crippen molar-refractivity contribution in [3.8, 4) is 0 Å². The van der Waals surface area contributed by atoms with Gasteiger partial charge in [-0.2, -0.15) is 0 Å². The molecular formula is C26H42O5S. The predicted molar refractivity (Wildman–Crippen MR) is 131 cm³/mol. The van der Waals surface area contributed by atoms with Gasteiger partial charge in [-0.3, -0.25) is 9.59 Å². The molecule has 0 fully saturated rings. The minimum absolute atomic E-state index is 0.158. The van der Waals surface area contributed by atoms with Gasteiger partial charge in [-0.05, 0) is 57.1 Å². The Morgan fingerprint density at radius 1 is 1.06 bits per heavy atom. The number of hydrogen-bond donors (Lipinski definition) is 0. The summed E-state index contributed by atoms with van der Waals surface area (Å²) in [7, 11) is 0. The highest BCUT2D eigenvalue weighted by molar-refractivity contribution is 7.99. The highest BCUT2D eigenvalue weighted by Crippen LogP contribution is 2.25. The molecule has 0 radical (unpaired) electrons. The molecule has 5 nitrogen and oxygen atoms in total. The molecule has 1 aromatic rings. The minimum Gasteiger partial charge on any atom is -0.465 e. The second-order valence-corrected chi connectivity index (χ2v) is 9.06. The van der Waals surface area contributed by atoms with Crippen LogP contribution in [0.5, 0.6) is 0 Å². The molecule has 0 amide bonds. The summed E-state index contributed by atoms with van der Waals surface area (Å²) in [4.78, 5) is 24.5. The van der Waals surface area contributed by atoms with Gasteiger partial charge >= 0.3 is 5.97 Å². The summed E-state index contributed by atoms with van der Waals surface area (Å²) in [5.74, 6) is 0.898. The van der Waals surface area contributed by atoms with Crippen molar-refractivity contribution in [2.75, 3.05) is 25.6 Å². The van der Waals surface area contributed by atoms with Gasteiger partial charge in [0.2, 0.25) is 0 Å². The SMILES string of the molecule is CCCCC(CC)COC(=O)CCSc1cc(CCCC(OCC)OCC)ccc1C=O. The molecule has 0 spiro atoms. The fourth-order valence-corrected chi connectivity index (χ4v) is 4.45. The first kappa shape index (κ1) is 28.7. The Bertz CT molecular complexity index is 643. The molecule has 0 aliphatic heterocycles. The molecule has 1 aromatic carbocycles. The standard InChI is InChI=1S/C26H42O5S/c1-5-9-11-21(6-2)20-31-25(28)16-17-32-24-18-22(14-15-23(24)19-27)12-10-13-26(29-7-3)30-8-4/h14-15,18-19,21,26H,5-13,16-17,20H2,1-4H3. The monoisotopic (exact) mass is 466 g/mol. The van der Waals surface area contributed by atoms with E-state index in [1.54, 1.807) is 11.8 Å². The van der Waals surface area contributed by atoms with Crippen molar-refractivity contribution in [3.63, 3.8) is 0 Å². The Hall–Kier alpha value is -1.37. The summed E-state index contributed by atoms with van der Waals surface area (Å²) in [6.45, 7) is 10.1. The molecule has 1 unspecified atom stereocenters. The van der Waals surface area contributed by atoms with Crippen molar-refractivity contribution in [2.24, 2.45) is 5.92 Å². The third kappa shape index (κ3) is 12.0. The Balaban J connectivity index is 2.49. The average Bonchev–Trinajstić information content (AvgIpc) is 2.79. The van der Waals surface area contributed by atoms with E-state index in [-0.39, 0.29) is 12.3 Å². The van der Waals surface area contributed by atoms with Gasteiger partial charge in [0.05, 0.1) is 13.0 Å². The normalized spacial score (nSPS) is 12.2. The first-order chi connectivity index (χ1) is 15.6. The smallest absolute Gasteiger partial charge is 0.306 e. The molecule has 0 aliphatic rings. The van der Waals surface area contributed by atoms with E-state index in [9.17, 15) is 9.59 Å². The van der Waals surface area contributed by atoms with Crippen LogP contribution in [0.4, 0.5) is 0 Å². The summed E-state index contributed by atoms with van der Waals surface area (Å²) < 4.78 is 16.7. The number of rotatable bonds is 19. The molecule has 0 saturated carbocycles. The van der Waals surface area contributed by atoms with Crippen LogP contribution in [0.15, 0.2) is 23.1 Å². The molecule has 6 heteroatoms. The number of thioether (sulfide) groups is 1. The van der Waals surface area contributed by atoms with E-state index >= 15 is 0 Å². The van der Waals surface area contributed by atoms with Crippen LogP contribution in [-0.2, 0) is 25.4 Å². The zero-order valence-electron chi connectivity index (χ0n) is 20.4. The number of aryl methyl sites for hydroxylation is 1. The molecule has 1 rings (SSSR count). The molecule has 0 heterocycles. The average molecular weight is 467 g/mol. The summed E-state index contributed by atoms with van der Waals surface area (Å²) in [6.07, 6.45) is 8.23. The lowest BCUT2D eigenvalue weighted by molar-refractivity contribution is -0.144. The van der Waals surface area contributed by atoms with Crippen molar-refractivity contribution in [3.05, 3.63) is 29.3 Å². The fraction of sp³-hybridized carbons (Fsp3) is 0.692. The lowest BCUT2D eigenvalue weighted by Crippen LogP contribution is -2.17. The highest BCUT2D eigenvalue weighted by atomic mass is 32.2. The second kappa shape index (κ2) is 18.1. The van der Waals surface area contributed by atoms with E-state index < -0.39 is 0 Å². The molecule has 1 atom stereocenters. The molecule has 0 aliphatic carbocycles. The predicted octanol–water partition coefficient (Wildman–Crippen LogP) is 6.46. The van der Waals surface area contributed by atoms with Crippen molar-refractivity contribution in [1.29, 1.82) is 0 Å². The van der Waals surface area contributed by atoms with Gasteiger partial charge in [0, 0.05) is 29.4 Å². The largest absolute Gasteiger partial charge is 0.465 e. The number of benzene rings is 1. The van der Waals surface area contributed by atoms with Crippen LogP contribution in [0, 0.1) is 5.92 Å². The fourth-order valence-electron chi connectivity index (χ4n) is 3.44. The Morgan fingerprint density at radius 3 is 2.44 bits per heavy atom. The molecule has 0 aromatic heterocycles. The summed E-state index contributed by atoms with van der Waals surface area (Å²) >= 11 is 1.54. The van der Waals surface area contributed by atoms with E-state index in [4.69, 9.17) is 14.2 Å². The van der Waals surface area contributed by atoms with Crippen LogP contribution < -0.4 is 0 Å². The Labute approximate surface area is 199 Å². The van der Waals surface area contributed by atoms with Gasteiger partial charge in [0.15, 0.2) is 12.6 Å². The van der Waals surface area contributed by atoms with Gasteiger partial charge in [0.25, 0.3) is 0 Å². The lowest BCUT2D eigenvalue weighted by Gasteiger charge is -2.16. The summed E-state index contributed by atoms with van der Waals surface area (Å²) in [5.41, 5.74) is 1.84. The second-order valence-electron chi connectivity index (χ2n) is 7.92. The minimum atomic E-state index is -0.159.